The van der Waals surface area contributed by atoms with Crippen molar-refractivity contribution in [2.45, 2.75) is 32.6 Å². The fourth-order valence-corrected chi connectivity index (χ4v) is 2.51. The summed E-state index contributed by atoms with van der Waals surface area (Å²) in [6, 6.07) is 15.7. The van der Waals surface area contributed by atoms with E-state index >= 15 is 0 Å². The molecule has 26 heavy (non-hydrogen) atoms. The molecule has 0 radical (unpaired) electrons. The van der Waals surface area contributed by atoms with Gasteiger partial charge in [-0.1, -0.05) is 30.3 Å². The Hall–Kier alpha value is -2.99. The van der Waals surface area contributed by atoms with Gasteiger partial charge in [0, 0.05) is 24.7 Å². The highest BCUT2D eigenvalue weighted by Crippen LogP contribution is 2.18. The van der Waals surface area contributed by atoms with Gasteiger partial charge in [0.1, 0.15) is 6.10 Å². The zero-order valence-electron chi connectivity index (χ0n) is 14.9. The molecule has 134 valence electrons. The molecule has 6 heteroatoms. The van der Waals surface area contributed by atoms with Gasteiger partial charge in [-0.05, 0) is 37.1 Å². The summed E-state index contributed by atoms with van der Waals surface area (Å²) >= 11 is 0. The molecule has 0 saturated heterocycles. The zero-order chi connectivity index (χ0) is 18.4. The maximum absolute atomic E-state index is 12.3. The van der Waals surface area contributed by atoms with Crippen LogP contribution in [0.1, 0.15) is 31.0 Å². The van der Waals surface area contributed by atoms with Crippen LogP contribution in [-0.2, 0) is 16.1 Å². The van der Waals surface area contributed by atoms with Gasteiger partial charge in [-0.2, -0.15) is 5.10 Å². The number of pyridine rings is 1. The molecule has 3 rings (SSSR count). The summed E-state index contributed by atoms with van der Waals surface area (Å²) in [6.45, 7) is 4.14. The van der Waals surface area contributed by atoms with Crippen LogP contribution in [0.3, 0.4) is 0 Å². The third kappa shape index (κ3) is 4.55. The first kappa shape index (κ1) is 17.8. The number of ether oxygens (including phenoxy) is 1. The first-order valence-corrected chi connectivity index (χ1v) is 8.55. The molecule has 6 nitrogen and oxygen atoms in total. The highest BCUT2D eigenvalue weighted by molar-refractivity contribution is 5.92. The average molecular weight is 350 g/mol. The van der Waals surface area contributed by atoms with Gasteiger partial charge in [-0.25, -0.2) is 0 Å². The van der Waals surface area contributed by atoms with Crippen molar-refractivity contribution in [3.8, 4) is 0 Å². The second-order valence-corrected chi connectivity index (χ2v) is 6.07. The van der Waals surface area contributed by atoms with Crippen LogP contribution >= 0.6 is 0 Å². The van der Waals surface area contributed by atoms with E-state index in [4.69, 9.17) is 4.74 Å². The Kier molecular flexibility index (Phi) is 5.76. The van der Waals surface area contributed by atoms with Crippen LogP contribution < -0.4 is 5.32 Å². The van der Waals surface area contributed by atoms with Crippen LogP contribution in [0.4, 0.5) is 5.82 Å². The minimum Gasteiger partial charge on any atom is -0.364 e. The summed E-state index contributed by atoms with van der Waals surface area (Å²) in [7, 11) is 0. The van der Waals surface area contributed by atoms with E-state index in [0.717, 1.165) is 11.1 Å². The van der Waals surface area contributed by atoms with Crippen LogP contribution in [0.2, 0.25) is 0 Å². The van der Waals surface area contributed by atoms with Gasteiger partial charge in [0.2, 0.25) is 0 Å². The Morgan fingerprint density at radius 2 is 1.85 bits per heavy atom. The number of aromatic nitrogens is 3. The molecule has 2 aromatic heterocycles. The normalized spacial score (nSPS) is 13.2. The van der Waals surface area contributed by atoms with Gasteiger partial charge >= 0.3 is 0 Å². The van der Waals surface area contributed by atoms with E-state index in [1.807, 2.05) is 41.2 Å². The highest BCUT2D eigenvalue weighted by Gasteiger charge is 2.16. The number of amides is 1. The quantitative estimate of drug-likeness (QED) is 0.709. The number of carbonyl (C=O) groups excluding carboxylic acids is 1. The summed E-state index contributed by atoms with van der Waals surface area (Å²) in [6.07, 6.45) is 4.67. The summed E-state index contributed by atoms with van der Waals surface area (Å²) in [4.78, 5) is 16.2. The Balaban J connectivity index is 1.55. The van der Waals surface area contributed by atoms with Gasteiger partial charge in [-0.15, -0.1) is 0 Å². The number of rotatable bonds is 7. The summed E-state index contributed by atoms with van der Waals surface area (Å²) in [5.74, 6) is 0.286. The lowest BCUT2D eigenvalue weighted by atomic mass is 10.1. The van der Waals surface area contributed by atoms with Crippen molar-refractivity contribution in [2.75, 3.05) is 5.32 Å². The summed E-state index contributed by atoms with van der Waals surface area (Å²) < 4.78 is 7.44. The van der Waals surface area contributed by atoms with Crippen molar-refractivity contribution in [3.05, 3.63) is 78.2 Å². The third-order valence-corrected chi connectivity index (χ3v) is 4.16. The Bertz CT molecular complexity index is 833. The number of nitrogens with one attached hydrogen (secondary N) is 1. The summed E-state index contributed by atoms with van der Waals surface area (Å²) in [5, 5.41) is 7.24. The number of nitrogens with zero attached hydrogens (tertiary/aromatic N) is 3. The molecule has 2 heterocycles. The second-order valence-electron chi connectivity index (χ2n) is 6.07. The average Bonchev–Trinajstić information content (AvgIpc) is 3.15. The Labute approximate surface area is 152 Å². The van der Waals surface area contributed by atoms with Gasteiger partial charge in [-0.3, -0.25) is 14.5 Å². The predicted molar refractivity (Wildman–Crippen MR) is 99.6 cm³/mol. The van der Waals surface area contributed by atoms with Crippen molar-refractivity contribution in [1.82, 2.24) is 14.8 Å². The van der Waals surface area contributed by atoms with Gasteiger partial charge < -0.3 is 10.1 Å². The van der Waals surface area contributed by atoms with Crippen molar-refractivity contribution in [2.24, 2.45) is 0 Å². The number of carbonyl (C=O) groups is 1. The van der Waals surface area contributed by atoms with Gasteiger partial charge in [0.05, 0.1) is 12.6 Å². The summed E-state index contributed by atoms with van der Waals surface area (Å²) in [5.41, 5.74) is 2.13. The number of benzene rings is 1. The zero-order valence-corrected chi connectivity index (χ0v) is 14.9. The predicted octanol–water partition coefficient (Wildman–Crippen LogP) is 3.43. The first-order valence-electron chi connectivity index (χ1n) is 8.55. The minimum atomic E-state index is -0.583. The lowest BCUT2D eigenvalue weighted by Crippen LogP contribution is -2.28. The molecule has 1 N–H and O–H groups in total. The van der Waals surface area contributed by atoms with Crippen molar-refractivity contribution < 1.29 is 9.53 Å². The molecule has 0 spiro atoms. The molecular formula is C20H22N4O2. The second kappa shape index (κ2) is 8.40. The van der Waals surface area contributed by atoms with Crippen LogP contribution in [-0.4, -0.2) is 26.8 Å². The first-order chi connectivity index (χ1) is 12.6. The van der Waals surface area contributed by atoms with Crippen LogP contribution in [0.25, 0.3) is 0 Å². The molecule has 0 bridgehead atoms. The van der Waals surface area contributed by atoms with E-state index in [-0.39, 0.29) is 11.9 Å². The Morgan fingerprint density at radius 1 is 1.12 bits per heavy atom. The van der Waals surface area contributed by atoms with Gasteiger partial charge in [0.15, 0.2) is 5.82 Å². The van der Waals surface area contributed by atoms with E-state index in [1.165, 1.54) is 0 Å². The van der Waals surface area contributed by atoms with Crippen molar-refractivity contribution in [1.29, 1.82) is 0 Å². The maximum atomic E-state index is 12.3. The minimum absolute atomic E-state index is 0.0854. The Morgan fingerprint density at radius 3 is 2.58 bits per heavy atom. The van der Waals surface area contributed by atoms with E-state index in [9.17, 15) is 4.79 Å². The molecule has 0 aliphatic carbocycles. The van der Waals surface area contributed by atoms with E-state index in [1.54, 1.807) is 25.4 Å². The van der Waals surface area contributed by atoms with Crippen LogP contribution in [0.15, 0.2) is 67.1 Å². The highest BCUT2D eigenvalue weighted by atomic mass is 16.5. The molecule has 0 aliphatic heterocycles. The van der Waals surface area contributed by atoms with Crippen LogP contribution in [0.5, 0.6) is 0 Å². The maximum Gasteiger partial charge on any atom is 0.254 e. The lowest BCUT2D eigenvalue weighted by molar-refractivity contribution is -0.127. The molecular weight excluding hydrogens is 328 g/mol. The molecule has 3 aromatic rings. The molecule has 2 atom stereocenters. The van der Waals surface area contributed by atoms with E-state index in [2.05, 4.69) is 34.5 Å². The van der Waals surface area contributed by atoms with E-state index in [0.29, 0.717) is 12.4 Å². The monoisotopic (exact) mass is 350 g/mol. The number of hydrogen-bond acceptors (Lipinski definition) is 4. The van der Waals surface area contributed by atoms with Gasteiger partial charge in [0.25, 0.3) is 5.91 Å². The van der Waals surface area contributed by atoms with Crippen molar-refractivity contribution >= 4 is 11.7 Å². The SMILES string of the molecule is CC(OCc1ccncc1)C(=O)Nc1ccn(C(C)c2ccccc2)n1. The van der Waals surface area contributed by atoms with E-state index < -0.39 is 6.10 Å². The molecule has 1 aromatic carbocycles. The number of anilines is 1. The molecule has 2 unspecified atom stereocenters. The lowest BCUT2D eigenvalue weighted by Gasteiger charge is -2.13. The standard InChI is InChI=1S/C20H22N4O2/c1-15(18-6-4-3-5-7-18)24-13-10-19(23-24)22-20(25)16(2)26-14-17-8-11-21-12-9-17/h3-13,15-16H,14H2,1-2H3,(H,22,23,25). The fraction of sp³-hybridized carbons (Fsp3) is 0.250. The molecule has 0 fully saturated rings. The van der Waals surface area contributed by atoms with Crippen LogP contribution in [0, 0.1) is 0 Å². The molecule has 0 aliphatic rings. The topological polar surface area (TPSA) is 69.0 Å². The third-order valence-electron chi connectivity index (χ3n) is 4.16. The molecule has 0 saturated carbocycles. The smallest absolute Gasteiger partial charge is 0.254 e. The fourth-order valence-electron chi connectivity index (χ4n) is 2.51. The van der Waals surface area contributed by atoms with Crippen molar-refractivity contribution in [3.63, 3.8) is 0 Å². The molecule has 1 amide bonds. The largest absolute Gasteiger partial charge is 0.364 e. The number of hydrogen-bond donors (Lipinski definition) is 1.